The predicted molar refractivity (Wildman–Crippen MR) is 90.7 cm³/mol. The largest absolute Gasteiger partial charge is 0.487 e. The number of halogens is 1. The zero-order valence-electron chi connectivity index (χ0n) is 13.4. The molecule has 9 heteroatoms. The molecular formula is C15H17BrN2O5S. The second-order valence-corrected chi connectivity index (χ2v) is 7.79. The van der Waals surface area contributed by atoms with E-state index in [-0.39, 0.29) is 18.1 Å². The predicted octanol–water partition coefficient (Wildman–Crippen LogP) is 2.34. The topological polar surface area (TPSA) is 87.5 Å². The number of hydrogen-bond donors (Lipinski definition) is 0. The van der Waals surface area contributed by atoms with Gasteiger partial charge in [0, 0.05) is 13.3 Å². The minimum atomic E-state index is -3.24. The third kappa shape index (κ3) is 4.15. The number of carbonyl (C=O) groups excluding carboxylic acids is 1. The summed E-state index contributed by atoms with van der Waals surface area (Å²) in [5.74, 6) is 0.0285. The van der Waals surface area contributed by atoms with Crippen molar-refractivity contribution in [2.24, 2.45) is 7.05 Å². The lowest BCUT2D eigenvalue weighted by Gasteiger charge is -2.05. The van der Waals surface area contributed by atoms with Crippen molar-refractivity contribution in [1.82, 2.24) is 9.78 Å². The second kappa shape index (κ2) is 7.35. The molecule has 0 N–H and O–H groups in total. The van der Waals surface area contributed by atoms with Crippen LogP contribution in [0.3, 0.4) is 0 Å². The molecule has 0 aliphatic heterocycles. The number of carbonyl (C=O) groups is 1. The summed E-state index contributed by atoms with van der Waals surface area (Å²) >= 11 is 3.34. The average Bonchev–Trinajstić information content (AvgIpc) is 2.79. The summed E-state index contributed by atoms with van der Waals surface area (Å²) in [6.45, 7) is 2.12. The number of rotatable bonds is 6. The molecular weight excluding hydrogens is 400 g/mol. The van der Waals surface area contributed by atoms with Crippen molar-refractivity contribution in [2.45, 2.75) is 18.4 Å². The average molecular weight is 417 g/mol. The Balaban J connectivity index is 2.13. The molecule has 0 atom stereocenters. The van der Waals surface area contributed by atoms with Crippen LogP contribution in [0.2, 0.25) is 0 Å². The monoisotopic (exact) mass is 416 g/mol. The third-order valence-corrected chi connectivity index (χ3v) is 5.11. The van der Waals surface area contributed by atoms with Gasteiger partial charge < -0.3 is 9.47 Å². The molecule has 130 valence electrons. The molecule has 0 saturated heterocycles. The molecule has 0 saturated carbocycles. The van der Waals surface area contributed by atoms with Gasteiger partial charge in [-0.3, -0.25) is 4.68 Å². The van der Waals surface area contributed by atoms with E-state index in [0.717, 1.165) is 6.26 Å². The van der Waals surface area contributed by atoms with Gasteiger partial charge in [-0.05, 0) is 47.1 Å². The smallest absolute Gasteiger partial charge is 0.357 e. The van der Waals surface area contributed by atoms with Gasteiger partial charge in [-0.15, -0.1) is 0 Å². The minimum absolute atomic E-state index is 0.117. The lowest BCUT2D eigenvalue weighted by atomic mass is 10.3. The van der Waals surface area contributed by atoms with E-state index in [1.807, 2.05) is 0 Å². The van der Waals surface area contributed by atoms with Crippen molar-refractivity contribution in [3.8, 4) is 5.75 Å². The SMILES string of the molecule is CCOC(=O)c1c(Br)c(COc2ccc(S(C)(=O)=O)cc2)nn1C. The highest BCUT2D eigenvalue weighted by Gasteiger charge is 2.21. The summed E-state index contributed by atoms with van der Waals surface area (Å²) in [5.41, 5.74) is 0.843. The molecule has 1 heterocycles. The van der Waals surface area contributed by atoms with Gasteiger partial charge in [-0.1, -0.05) is 0 Å². The molecule has 0 unspecified atom stereocenters. The van der Waals surface area contributed by atoms with Crippen molar-refractivity contribution in [3.05, 3.63) is 40.1 Å². The Morgan fingerprint density at radius 3 is 2.46 bits per heavy atom. The number of ether oxygens (including phenoxy) is 2. The molecule has 2 rings (SSSR count). The van der Waals surface area contributed by atoms with E-state index in [2.05, 4.69) is 21.0 Å². The summed E-state index contributed by atoms with van der Waals surface area (Å²) in [7, 11) is -1.60. The van der Waals surface area contributed by atoms with Crippen LogP contribution in [0.15, 0.2) is 33.6 Å². The van der Waals surface area contributed by atoms with Crippen LogP contribution >= 0.6 is 15.9 Å². The number of benzene rings is 1. The van der Waals surface area contributed by atoms with Gasteiger partial charge in [0.2, 0.25) is 0 Å². The van der Waals surface area contributed by atoms with Crippen LogP contribution < -0.4 is 4.74 Å². The summed E-state index contributed by atoms with van der Waals surface area (Å²) in [4.78, 5) is 12.1. The molecule has 0 aliphatic rings. The van der Waals surface area contributed by atoms with E-state index in [9.17, 15) is 13.2 Å². The van der Waals surface area contributed by atoms with Crippen LogP contribution in [0.4, 0.5) is 0 Å². The molecule has 1 aromatic heterocycles. The maximum atomic E-state index is 11.9. The summed E-state index contributed by atoms with van der Waals surface area (Å²) in [5, 5.41) is 4.23. The quantitative estimate of drug-likeness (QED) is 0.671. The zero-order chi connectivity index (χ0) is 17.9. The van der Waals surface area contributed by atoms with E-state index in [4.69, 9.17) is 9.47 Å². The first-order chi connectivity index (χ1) is 11.2. The molecule has 0 bridgehead atoms. The number of nitrogens with zero attached hydrogens (tertiary/aromatic N) is 2. The Morgan fingerprint density at radius 1 is 1.29 bits per heavy atom. The van der Waals surface area contributed by atoms with Gasteiger partial charge in [0.1, 0.15) is 18.1 Å². The van der Waals surface area contributed by atoms with Crippen LogP contribution in [0.25, 0.3) is 0 Å². The van der Waals surface area contributed by atoms with Gasteiger partial charge in [-0.25, -0.2) is 13.2 Å². The van der Waals surface area contributed by atoms with Gasteiger partial charge in [0.05, 0.1) is 16.0 Å². The van der Waals surface area contributed by atoms with Gasteiger partial charge in [0.15, 0.2) is 15.5 Å². The summed E-state index contributed by atoms with van der Waals surface area (Å²) in [6.07, 6.45) is 1.14. The Morgan fingerprint density at radius 2 is 1.92 bits per heavy atom. The van der Waals surface area contributed by atoms with Crippen LogP contribution in [0.5, 0.6) is 5.75 Å². The van der Waals surface area contributed by atoms with Crippen molar-refractivity contribution in [2.75, 3.05) is 12.9 Å². The number of aromatic nitrogens is 2. The molecule has 0 amide bonds. The lowest BCUT2D eigenvalue weighted by molar-refractivity contribution is 0.0512. The Labute approximate surface area is 148 Å². The highest BCUT2D eigenvalue weighted by molar-refractivity contribution is 9.10. The first kappa shape index (κ1) is 18.5. The minimum Gasteiger partial charge on any atom is -0.487 e. The molecule has 2 aromatic rings. The van der Waals surface area contributed by atoms with E-state index in [1.54, 1.807) is 26.1 Å². The molecule has 0 radical (unpaired) electrons. The normalized spacial score (nSPS) is 11.3. The fraction of sp³-hybridized carbons (Fsp3) is 0.333. The first-order valence-electron chi connectivity index (χ1n) is 7.05. The van der Waals surface area contributed by atoms with E-state index >= 15 is 0 Å². The summed E-state index contributed by atoms with van der Waals surface area (Å²) < 4.78 is 35.4. The highest BCUT2D eigenvalue weighted by Crippen LogP contribution is 2.24. The van der Waals surface area contributed by atoms with Crippen LogP contribution in [0, 0.1) is 0 Å². The molecule has 0 spiro atoms. The Hall–Kier alpha value is -1.87. The third-order valence-electron chi connectivity index (χ3n) is 3.15. The lowest BCUT2D eigenvalue weighted by Crippen LogP contribution is -2.10. The number of esters is 1. The molecule has 0 aliphatic carbocycles. The fourth-order valence-electron chi connectivity index (χ4n) is 2.00. The first-order valence-corrected chi connectivity index (χ1v) is 9.74. The maximum Gasteiger partial charge on any atom is 0.357 e. The van der Waals surface area contributed by atoms with Gasteiger partial charge in [0.25, 0.3) is 0 Å². The number of aryl methyl sites for hydroxylation is 1. The molecule has 7 nitrogen and oxygen atoms in total. The Bertz CT molecular complexity index is 843. The standard InChI is InChI=1S/C15H17BrN2O5S/c1-4-22-15(19)14-13(16)12(17-18(14)2)9-23-10-5-7-11(8-6-10)24(3,20)21/h5-8H,4,9H2,1-3H3. The van der Waals surface area contributed by atoms with Crippen molar-refractivity contribution < 1.29 is 22.7 Å². The summed E-state index contributed by atoms with van der Waals surface area (Å²) in [6, 6.07) is 6.09. The molecule has 0 fully saturated rings. The second-order valence-electron chi connectivity index (χ2n) is 4.99. The van der Waals surface area contributed by atoms with Crippen molar-refractivity contribution in [1.29, 1.82) is 0 Å². The molecule has 24 heavy (non-hydrogen) atoms. The fourth-order valence-corrected chi connectivity index (χ4v) is 3.24. The Kier molecular flexibility index (Phi) is 5.66. The van der Waals surface area contributed by atoms with E-state index in [1.165, 1.54) is 16.8 Å². The zero-order valence-corrected chi connectivity index (χ0v) is 15.8. The highest BCUT2D eigenvalue weighted by atomic mass is 79.9. The van der Waals surface area contributed by atoms with Gasteiger partial charge >= 0.3 is 5.97 Å². The number of hydrogen-bond acceptors (Lipinski definition) is 6. The van der Waals surface area contributed by atoms with E-state index in [0.29, 0.717) is 21.6 Å². The molecule has 1 aromatic carbocycles. The van der Waals surface area contributed by atoms with E-state index < -0.39 is 15.8 Å². The van der Waals surface area contributed by atoms with Crippen LogP contribution in [-0.2, 0) is 28.2 Å². The van der Waals surface area contributed by atoms with Crippen LogP contribution in [-0.4, -0.2) is 37.0 Å². The van der Waals surface area contributed by atoms with Gasteiger partial charge in [-0.2, -0.15) is 5.10 Å². The maximum absolute atomic E-state index is 11.9. The van der Waals surface area contributed by atoms with Crippen molar-refractivity contribution in [3.63, 3.8) is 0 Å². The number of sulfone groups is 1. The van der Waals surface area contributed by atoms with Crippen LogP contribution in [0.1, 0.15) is 23.1 Å². The van der Waals surface area contributed by atoms with Crippen molar-refractivity contribution >= 4 is 31.7 Å².